The van der Waals surface area contributed by atoms with Crippen molar-refractivity contribution in [3.8, 4) is 6.01 Å². The number of hydrogen-bond acceptors (Lipinski definition) is 7. The van der Waals surface area contributed by atoms with Gasteiger partial charge in [0.2, 0.25) is 10.0 Å². The third-order valence-corrected chi connectivity index (χ3v) is 5.92. The molecule has 0 aromatic carbocycles. The molecular formula is C14H18N4O4S. The minimum Gasteiger partial charge on any atom is -0.460 e. The molecular weight excluding hydrogens is 320 g/mol. The molecule has 23 heavy (non-hydrogen) atoms. The van der Waals surface area contributed by atoms with Gasteiger partial charge in [-0.3, -0.25) is 0 Å². The van der Waals surface area contributed by atoms with E-state index in [1.54, 1.807) is 32.3 Å². The van der Waals surface area contributed by atoms with Crippen molar-refractivity contribution >= 4 is 10.0 Å². The molecule has 124 valence electrons. The van der Waals surface area contributed by atoms with Crippen LogP contribution >= 0.6 is 0 Å². The van der Waals surface area contributed by atoms with Crippen LogP contribution in [0.4, 0.5) is 0 Å². The molecule has 0 saturated carbocycles. The molecule has 0 atom stereocenters. The van der Waals surface area contributed by atoms with Crippen molar-refractivity contribution in [1.82, 2.24) is 19.4 Å². The highest BCUT2D eigenvalue weighted by molar-refractivity contribution is 7.89. The Morgan fingerprint density at radius 1 is 1.22 bits per heavy atom. The number of ether oxygens (including phenoxy) is 1. The number of rotatable bonds is 4. The highest BCUT2D eigenvalue weighted by atomic mass is 32.2. The third-order valence-electron chi connectivity index (χ3n) is 3.78. The van der Waals surface area contributed by atoms with Crippen molar-refractivity contribution < 1.29 is 17.7 Å². The minimum atomic E-state index is -3.59. The van der Waals surface area contributed by atoms with Gasteiger partial charge in [-0.15, -0.1) is 0 Å². The molecule has 9 heteroatoms. The molecule has 0 bridgehead atoms. The zero-order valence-corrected chi connectivity index (χ0v) is 13.8. The van der Waals surface area contributed by atoms with Crippen LogP contribution in [0.1, 0.15) is 24.3 Å². The van der Waals surface area contributed by atoms with Gasteiger partial charge in [-0.1, -0.05) is 5.16 Å². The van der Waals surface area contributed by atoms with Gasteiger partial charge in [-0.05, 0) is 32.8 Å². The van der Waals surface area contributed by atoms with Crippen molar-refractivity contribution in [3.05, 3.63) is 29.9 Å². The topological polar surface area (TPSA) is 98.4 Å². The molecule has 2 aromatic heterocycles. The highest BCUT2D eigenvalue weighted by Crippen LogP contribution is 2.26. The highest BCUT2D eigenvalue weighted by Gasteiger charge is 2.34. The lowest BCUT2D eigenvalue weighted by Gasteiger charge is -2.30. The third kappa shape index (κ3) is 3.20. The van der Waals surface area contributed by atoms with E-state index < -0.39 is 10.0 Å². The van der Waals surface area contributed by atoms with Gasteiger partial charge in [0.15, 0.2) is 5.76 Å². The molecule has 2 aromatic rings. The van der Waals surface area contributed by atoms with E-state index in [1.165, 1.54) is 4.31 Å². The molecule has 1 saturated heterocycles. The van der Waals surface area contributed by atoms with Crippen LogP contribution in [0, 0.1) is 13.8 Å². The van der Waals surface area contributed by atoms with Crippen LogP contribution < -0.4 is 4.74 Å². The lowest BCUT2D eigenvalue weighted by molar-refractivity contribution is 0.124. The van der Waals surface area contributed by atoms with E-state index in [0.29, 0.717) is 43.4 Å². The van der Waals surface area contributed by atoms with Crippen LogP contribution in [0.3, 0.4) is 0 Å². The van der Waals surface area contributed by atoms with Crippen LogP contribution in [-0.2, 0) is 10.0 Å². The van der Waals surface area contributed by atoms with E-state index in [-0.39, 0.29) is 11.0 Å². The summed E-state index contributed by atoms with van der Waals surface area (Å²) in [5.41, 5.74) is 0.388. The normalized spacial score (nSPS) is 17.3. The molecule has 8 nitrogen and oxygen atoms in total. The zero-order valence-electron chi connectivity index (χ0n) is 13.0. The Bertz CT molecular complexity index is 748. The predicted molar refractivity (Wildman–Crippen MR) is 80.4 cm³/mol. The van der Waals surface area contributed by atoms with E-state index in [4.69, 9.17) is 9.26 Å². The summed E-state index contributed by atoms with van der Waals surface area (Å²) in [5.74, 6) is 0.318. The van der Waals surface area contributed by atoms with E-state index in [2.05, 4.69) is 15.1 Å². The SMILES string of the molecule is Cc1noc(C)c1S(=O)(=O)N1CCC(Oc2ncccn2)CC1. The molecule has 0 radical (unpaired) electrons. The summed E-state index contributed by atoms with van der Waals surface area (Å²) in [4.78, 5) is 8.21. The van der Waals surface area contributed by atoms with Gasteiger partial charge in [0, 0.05) is 25.5 Å². The number of sulfonamides is 1. The molecule has 1 aliphatic heterocycles. The number of piperidine rings is 1. The first-order valence-electron chi connectivity index (χ1n) is 7.35. The van der Waals surface area contributed by atoms with Crippen LogP contribution in [0.5, 0.6) is 6.01 Å². The van der Waals surface area contributed by atoms with Gasteiger partial charge < -0.3 is 9.26 Å². The van der Waals surface area contributed by atoms with E-state index in [1.807, 2.05) is 0 Å². The maximum absolute atomic E-state index is 12.7. The number of nitrogens with zero attached hydrogens (tertiary/aromatic N) is 4. The maximum atomic E-state index is 12.7. The van der Waals surface area contributed by atoms with Gasteiger partial charge >= 0.3 is 6.01 Å². The second-order valence-corrected chi connectivity index (χ2v) is 7.28. The molecule has 0 spiro atoms. The number of aryl methyl sites for hydroxylation is 2. The average Bonchev–Trinajstić information content (AvgIpc) is 2.88. The van der Waals surface area contributed by atoms with Gasteiger partial charge in [0.1, 0.15) is 16.7 Å². The Hall–Kier alpha value is -2.00. The molecule has 0 unspecified atom stereocenters. The fraction of sp³-hybridized carbons (Fsp3) is 0.500. The predicted octanol–water partition coefficient (Wildman–Crippen LogP) is 1.31. The Morgan fingerprint density at radius 3 is 2.43 bits per heavy atom. The Labute approximate surface area is 134 Å². The summed E-state index contributed by atoms with van der Waals surface area (Å²) in [6, 6.07) is 2.03. The van der Waals surface area contributed by atoms with Gasteiger partial charge in [-0.2, -0.15) is 4.31 Å². The molecule has 1 aliphatic rings. The first-order chi connectivity index (χ1) is 11.0. The number of aromatic nitrogens is 3. The number of hydrogen-bond donors (Lipinski definition) is 0. The van der Waals surface area contributed by atoms with Crippen molar-refractivity contribution in [2.24, 2.45) is 0 Å². The summed E-state index contributed by atoms with van der Waals surface area (Å²) < 4.78 is 37.5. The summed E-state index contributed by atoms with van der Waals surface area (Å²) >= 11 is 0. The molecule has 3 heterocycles. The second-order valence-electron chi connectivity index (χ2n) is 5.41. The lowest BCUT2D eigenvalue weighted by Crippen LogP contribution is -2.42. The Morgan fingerprint density at radius 2 is 1.87 bits per heavy atom. The van der Waals surface area contributed by atoms with Crippen LogP contribution in [-0.4, -0.2) is 47.0 Å². The second kappa shape index (κ2) is 6.25. The first-order valence-corrected chi connectivity index (χ1v) is 8.79. The van der Waals surface area contributed by atoms with Crippen LogP contribution in [0.15, 0.2) is 27.9 Å². The van der Waals surface area contributed by atoms with Crippen LogP contribution in [0.2, 0.25) is 0 Å². The monoisotopic (exact) mass is 338 g/mol. The zero-order chi connectivity index (χ0) is 16.4. The molecule has 0 amide bonds. The van der Waals surface area contributed by atoms with E-state index in [9.17, 15) is 8.42 Å². The van der Waals surface area contributed by atoms with Crippen molar-refractivity contribution in [3.63, 3.8) is 0 Å². The van der Waals surface area contributed by atoms with E-state index >= 15 is 0 Å². The molecule has 0 aliphatic carbocycles. The lowest BCUT2D eigenvalue weighted by atomic mass is 10.1. The quantitative estimate of drug-likeness (QED) is 0.829. The summed E-state index contributed by atoms with van der Waals surface area (Å²) in [6.45, 7) is 4.00. The largest absolute Gasteiger partial charge is 0.460 e. The molecule has 0 N–H and O–H groups in total. The minimum absolute atomic E-state index is 0.0893. The molecule has 3 rings (SSSR count). The average molecular weight is 338 g/mol. The van der Waals surface area contributed by atoms with Gasteiger partial charge in [-0.25, -0.2) is 18.4 Å². The Balaban J connectivity index is 1.67. The molecule has 1 fully saturated rings. The fourth-order valence-electron chi connectivity index (χ4n) is 2.66. The van der Waals surface area contributed by atoms with Crippen molar-refractivity contribution in [1.29, 1.82) is 0 Å². The van der Waals surface area contributed by atoms with Crippen LogP contribution in [0.25, 0.3) is 0 Å². The first kappa shape index (κ1) is 15.9. The smallest absolute Gasteiger partial charge is 0.316 e. The summed E-state index contributed by atoms with van der Waals surface area (Å²) in [6.07, 6.45) is 4.30. The Kier molecular flexibility index (Phi) is 4.31. The van der Waals surface area contributed by atoms with Crippen molar-refractivity contribution in [2.45, 2.75) is 37.7 Å². The summed E-state index contributed by atoms with van der Waals surface area (Å²) in [5, 5.41) is 3.73. The maximum Gasteiger partial charge on any atom is 0.316 e. The van der Waals surface area contributed by atoms with E-state index in [0.717, 1.165) is 0 Å². The fourth-order valence-corrected chi connectivity index (χ4v) is 4.42. The standard InChI is InChI=1S/C14H18N4O4S/c1-10-13(11(2)22-17-10)23(19,20)18-8-4-12(5-9-18)21-14-15-6-3-7-16-14/h3,6-7,12H,4-5,8-9H2,1-2H3. The van der Waals surface area contributed by atoms with Gasteiger partial charge in [0.05, 0.1) is 0 Å². The summed E-state index contributed by atoms with van der Waals surface area (Å²) in [7, 11) is -3.59. The van der Waals surface area contributed by atoms with Crippen molar-refractivity contribution in [2.75, 3.05) is 13.1 Å². The van der Waals surface area contributed by atoms with Gasteiger partial charge in [0.25, 0.3) is 0 Å².